The summed E-state index contributed by atoms with van der Waals surface area (Å²) in [7, 11) is 1.84. The SMILES string of the molecule is CN=C(NCCCn1nc(C)cc1C)NCC(C)CN1CCCCC1. The first-order chi connectivity index (χ1) is 12.1. The van der Waals surface area contributed by atoms with Crippen molar-refractivity contribution in [1.29, 1.82) is 0 Å². The van der Waals surface area contributed by atoms with E-state index in [9.17, 15) is 0 Å². The quantitative estimate of drug-likeness (QED) is 0.429. The molecule has 0 saturated carbocycles. The van der Waals surface area contributed by atoms with E-state index in [1.54, 1.807) is 0 Å². The Morgan fingerprint density at radius 2 is 2.00 bits per heavy atom. The Bertz CT molecular complexity index is 530. The number of aliphatic imine (C=N–C) groups is 1. The summed E-state index contributed by atoms with van der Waals surface area (Å²) in [5.74, 6) is 1.53. The molecule has 1 aromatic heterocycles. The lowest BCUT2D eigenvalue weighted by molar-refractivity contribution is 0.201. The Hall–Kier alpha value is -1.56. The second-order valence-corrected chi connectivity index (χ2v) is 7.35. The fourth-order valence-electron chi connectivity index (χ4n) is 3.48. The van der Waals surface area contributed by atoms with Crippen LogP contribution in [0.25, 0.3) is 0 Å². The summed E-state index contributed by atoms with van der Waals surface area (Å²) in [5, 5.41) is 11.4. The Morgan fingerprint density at radius 3 is 2.64 bits per heavy atom. The van der Waals surface area contributed by atoms with Crippen molar-refractivity contribution in [2.75, 3.05) is 39.8 Å². The van der Waals surface area contributed by atoms with Crippen molar-refractivity contribution in [1.82, 2.24) is 25.3 Å². The van der Waals surface area contributed by atoms with Crippen molar-refractivity contribution >= 4 is 5.96 Å². The molecular weight excluding hydrogens is 312 g/mol. The van der Waals surface area contributed by atoms with E-state index in [0.29, 0.717) is 5.92 Å². The van der Waals surface area contributed by atoms with E-state index in [4.69, 9.17) is 0 Å². The number of hydrogen-bond donors (Lipinski definition) is 2. The van der Waals surface area contributed by atoms with Crippen molar-refractivity contribution in [3.05, 3.63) is 17.5 Å². The summed E-state index contributed by atoms with van der Waals surface area (Å²) in [6.07, 6.45) is 5.15. The van der Waals surface area contributed by atoms with Crippen LogP contribution in [0.3, 0.4) is 0 Å². The zero-order valence-electron chi connectivity index (χ0n) is 16.5. The lowest BCUT2D eigenvalue weighted by atomic mass is 10.1. The normalized spacial score (nSPS) is 17.5. The van der Waals surface area contributed by atoms with Gasteiger partial charge in [0.05, 0.1) is 5.69 Å². The summed E-state index contributed by atoms with van der Waals surface area (Å²) in [4.78, 5) is 6.93. The summed E-state index contributed by atoms with van der Waals surface area (Å²) in [5.41, 5.74) is 2.32. The Labute approximate surface area is 153 Å². The van der Waals surface area contributed by atoms with Gasteiger partial charge in [0.15, 0.2) is 5.96 Å². The van der Waals surface area contributed by atoms with Gasteiger partial charge >= 0.3 is 0 Å². The molecule has 0 amide bonds. The maximum atomic E-state index is 4.50. The molecule has 2 rings (SSSR count). The van der Waals surface area contributed by atoms with Gasteiger partial charge in [-0.1, -0.05) is 13.3 Å². The van der Waals surface area contributed by atoms with Crippen LogP contribution in [-0.2, 0) is 6.54 Å². The monoisotopic (exact) mass is 348 g/mol. The van der Waals surface area contributed by atoms with E-state index < -0.39 is 0 Å². The molecule has 6 nitrogen and oxygen atoms in total. The molecule has 0 aromatic carbocycles. The Balaban J connectivity index is 1.60. The van der Waals surface area contributed by atoms with Crippen molar-refractivity contribution in [2.24, 2.45) is 10.9 Å². The van der Waals surface area contributed by atoms with Gasteiger partial charge < -0.3 is 15.5 Å². The summed E-state index contributed by atoms with van der Waals surface area (Å²) >= 11 is 0. The van der Waals surface area contributed by atoms with Crippen molar-refractivity contribution < 1.29 is 0 Å². The molecule has 1 fully saturated rings. The van der Waals surface area contributed by atoms with Crippen LogP contribution < -0.4 is 10.6 Å². The van der Waals surface area contributed by atoms with Gasteiger partial charge in [0.1, 0.15) is 0 Å². The highest BCUT2D eigenvalue weighted by Gasteiger charge is 2.13. The molecule has 2 N–H and O–H groups in total. The van der Waals surface area contributed by atoms with Gasteiger partial charge in [0.2, 0.25) is 0 Å². The molecule has 6 heteroatoms. The minimum Gasteiger partial charge on any atom is -0.356 e. The molecule has 0 aliphatic carbocycles. The molecule has 2 heterocycles. The van der Waals surface area contributed by atoms with Gasteiger partial charge in [-0.25, -0.2) is 0 Å². The van der Waals surface area contributed by atoms with Crippen molar-refractivity contribution in [3.63, 3.8) is 0 Å². The van der Waals surface area contributed by atoms with Gasteiger partial charge in [0, 0.05) is 38.9 Å². The first-order valence-corrected chi connectivity index (χ1v) is 9.76. The largest absolute Gasteiger partial charge is 0.356 e. The van der Waals surface area contributed by atoms with Crippen LogP contribution in [0.15, 0.2) is 11.1 Å². The highest BCUT2D eigenvalue weighted by atomic mass is 15.3. The third kappa shape index (κ3) is 7.06. The zero-order valence-corrected chi connectivity index (χ0v) is 16.5. The van der Waals surface area contributed by atoms with Crippen LogP contribution >= 0.6 is 0 Å². The number of hydrogen-bond acceptors (Lipinski definition) is 3. The van der Waals surface area contributed by atoms with Crippen molar-refractivity contribution in [2.45, 2.75) is 53.0 Å². The molecule has 1 saturated heterocycles. The zero-order chi connectivity index (χ0) is 18.1. The van der Waals surface area contributed by atoms with Crippen molar-refractivity contribution in [3.8, 4) is 0 Å². The number of piperidine rings is 1. The lowest BCUT2D eigenvalue weighted by Crippen LogP contribution is -2.42. The molecule has 25 heavy (non-hydrogen) atoms. The molecule has 0 spiro atoms. The predicted molar refractivity (Wildman–Crippen MR) is 105 cm³/mol. The maximum absolute atomic E-state index is 4.50. The van der Waals surface area contributed by atoms with E-state index in [2.05, 4.69) is 50.2 Å². The number of rotatable bonds is 8. The first kappa shape index (κ1) is 19.8. The fraction of sp³-hybridized carbons (Fsp3) is 0.789. The van der Waals surface area contributed by atoms with E-state index in [1.165, 1.54) is 44.6 Å². The summed E-state index contributed by atoms with van der Waals surface area (Å²) in [6.45, 7) is 13.0. The van der Waals surface area contributed by atoms with Crippen LogP contribution in [0.4, 0.5) is 0 Å². The van der Waals surface area contributed by atoms with Gasteiger partial charge in [0.25, 0.3) is 0 Å². The van der Waals surface area contributed by atoms with Crippen LogP contribution in [0, 0.1) is 19.8 Å². The molecule has 1 unspecified atom stereocenters. The third-order valence-corrected chi connectivity index (χ3v) is 4.80. The second-order valence-electron chi connectivity index (χ2n) is 7.35. The number of likely N-dealkylation sites (tertiary alicyclic amines) is 1. The Morgan fingerprint density at radius 1 is 1.24 bits per heavy atom. The van der Waals surface area contributed by atoms with Crippen LogP contribution in [0.1, 0.15) is 44.0 Å². The number of guanidine groups is 1. The minimum absolute atomic E-state index is 0.631. The predicted octanol–water partition coefficient (Wildman–Crippen LogP) is 2.18. The third-order valence-electron chi connectivity index (χ3n) is 4.80. The van der Waals surface area contributed by atoms with Crippen LogP contribution in [0.2, 0.25) is 0 Å². The van der Waals surface area contributed by atoms with Crippen LogP contribution in [-0.4, -0.2) is 60.4 Å². The average molecular weight is 349 g/mol. The van der Waals surface area contributed by atoms with E-state index in [1.807, 2.05) is 14.0 Å². The maximum Gasteiger partial charge on any atom is 0.190 e. The number of aryl methyl sites for hydroxylation is 3. The van der Waals surface area contributed by atoms with E-state index in [0.717, 1.165) is 37.7 Å². The summed E-state index contributed by atoms with van der Waals surface area (Å²) < 4.78 is 2.08. The van der Waals surface area contributed by atoms with Gasteiger partial charge in [-0.2, -0.15) is 5.10 Å². The standard InChI is InChI=1S/C19H36N6/c1-16(15-24-10-6-5-7-11-24)14-22-19(20-4)21-9-8-12-25-18(3)13-17(2)23-25/h13,16H,5-12,14-15H2,1-4H3,(H2,20,21,22). The molecule has 1 aliphatic rings. The number of nitrogens with zero attached hydrogens (tertiary/aromatic N) is 4. The number of nitrogens with one attached hydrogen (secondary N) is 2. The van der Waals surface area contributed by atoms with E-state index in [-0.39, 0.29) is 0 Å². The summed E-state index contributed by atoms with van der Waals surface area (Å²) in [6, 6.07) is 2.12. The van der Waals surface area contributed by atoms with E-state index >= 15 is 0 Å². The first-order valence-electron chi connectivity index (χ1n) is 9.76. The molecule has 1 atom stereocenters. The van der Waals surface area contributed by atoms with Gasteiger partial charge in [-0.15, -0.1) is 0 Å². The number of aromatic nitrogens is 2. The van der Waals surface area contributed by atoms with Gasteiger partial charge in [-0.05, 0) is 58.2 Å². The molecule has 1 aliphatic heterocycles. The topological polar surface area (TPSA) is 57.5 Å². The second kappa shape index (κ2) is 10.4. The molecule has 0 bridgehead atoms. The Kier molecular flexibility index (Phi) is 8.25. The van der Waals surface area contributed by atoms with Crippen LogP contribution in [0.5, 0.6) is 0 Å². The van der Waals surface area contributed by atoms with Gasteiger partial charge in [-0.3, -0.25) is 9.67 Å². The molecular formula is C19H36N6. The minimum atomic E-state index is 0.631. The molecule has 0 radical (unpaired) electrons. The lowest BCUT2D eigenvalue weighted by Gasteiger charge is -2.29. The smallest absolute Gasteiger partial charge is 0.190 e. The average Bonchev–Trinajstić information content (AvgIpc) is 2.92. The fourth-order valence-corrected chi connectivity index (χ4v) is 3.48. The highest BCUT2D eigenvalue weighted by molar-refractivity contribution is 5.79. The molecule has 1 aromatic rings. The highest BCUT2D eigenvalue weighted by Crippen LogP contribution is 2.10. The molecule has 142 valence electrons.